The second-order valence-electron chi connectivity index (χ2n) is 5.28. The number of sulfonamides is 1. The lowest BCUT2D eigenvalue weighted by molar-refractivity contribution is 0.0571. The molecule has 1 unspecified atom stereocenters. The molecule has 0 radical (unpaired) electrons. The molecule has 1 aliphatic heterocycles. The maximum absolute atomic E-state index is 12.7. The molecule has 0 saturated carbocycles. The molecule has 1 aromatic rings. The molecule has 1 fully saturated rings. The first-order valence-corrected chi connectivity index (χ1v) is 8.76. The average molecular weight is 316 g/mol. The normalized spacial score (nSPS) is 20.8. The number of ether oxygens (including phenoxy) is 1. The molecule has 6 nitrogen and oxygen atoms in total. The summed E-state index contributed by atoms with van der Waals surface area (Å²) in [7, 11) is -1.88. The van der Waals surface area contributed by atoms with Gasteiger partial charge in [-0.2, -0.15) is 4.31 Å². The number of hydrogen-bond donors (Lipinski definition) is 1. The molecule has 1 saturated heterocycles. The summed E-state index contributed by atoms with van der Waals surface area (Å²) < 4.78 is 37.8. The number of piperidine rings is 1. The van der Waals surface area contributed by atoms with Crippen LogP contribution in [0, 0.1) is 6.92 Å². The minimum absolute atomic E-state index is 0.0260. The average Bonchev–Trinajstić information content (AvgIpc) is 2.87. The SMILES string of the molecule is CCNCc1cc(S(=O)(=O)N2CCCC(OC)C2)c(C)o1. The summed E-state index contributed by atoms with van der Waals surface area (Å²) in [4.78, 5) is 0.271. The first kappa shape index (κ1) is 16.5. The third kappa shape index (κ3) is 3.66. The lowest BCUT2D eigenvalue weighted by Gasteiger charge is -2.30. The van der Waals surface area contributed by atoms with Crippen LogP contribution in [0.25, 0.3) is 0 Å². The van der Waals surface area contributed by atoms with Gasteiger partial charge in [-0.25, -0.2) is 8.42 Å². The summed E-state index contributed by atoms with van der Waals surface area (Å²) in [5.41, 5.74) is 0. The zero-order valence-electron chi connectivity index (χ0n) is 12.9. The van der Waals surface area contributed by atoms with Crippen molar-refractivity contribution in [3.05, 3.63) is 17.6 Å². The topological polar surface area (TPSA) is 71.8 Å². The van der Waals surface area contributed by atoms with Gasteiger partial charge in [0.2, 0.25) is 10.0 Å². The van der Waals surface area contributed by atoms with Crippen LogP contribution >= 0.6 is 0 Å². The standard InChI is InChI=1S/C14H24N2O4S/c1-4-15-9-13-8-14(11(2)20-13)21(17,18)16-7-5-6-12(10-16)19-3/h8,12,15H,4-7,9-10H2,1-3H3. The number of aryl methyl sites for hydroxylation is 1. The molecular weight excluding hydrogens is 292 g/mol. The van der Waals surface area contributed by atoms with Gasteiger partial charge in [-0.05, 0) is 26.3 Å². The van der Waals surface area contributed by atoms with E-state index in [2.05, 4.69) is 5.32 Å². The second-order valence-corrected chi connectivity index (χ2v) is 7.18. The van der Waals surface area contributed by atoms with E-state index >= 15 is 0 Å². The molecule has 7 heteroatoms. The third-order valence-electron chi connectivity index (χ3n) is 3.76. The van der Waals surface area contributed by atoms with Gasteiger partial charge in [-0.15, -0.1) is 0 Å². The van der Waals surface area contributed by atoms with Gasteiger partial charge >= 0.3 is 0 Å². The van der Waals surface area contributed by atoms with Gasteiger partial charge in [0.15, 0.2) is 0 Å². The van der Waals surface area contributed by atoms with Gasteiger partial charge in [0.05, 0.1) is 12.6 Å². The summed E-state index contributed by atoms with van der Waals surface area (Å²) in [5, 5.41) is 3.13. The van der Waals surface area contributed by atoms with Gasteiger partial charge in [0.25, 0.3) is 0 Å². The van der Waals surface area contributed by atoms with Crippen molar-refractivity contribution in [2.45, 2.75) is 44.2 Å². The Morgan fingerprint density at radius 2 is 2.29 bits per heavy atom. The Kier molecular flexibility index (Phi) is 5.43. The zero-order chi connectivity index (χ0) is 15.5. The fourth-order valence-electron chi connectivity index (χ4n) is 2.57. The largest absolute Gasteiger partial charge is 0.464 e. The lowest BCUT2D eigenvalue weighted by Crippen LogP contribution is -2.42. The van der Waals surface area contributed by atoms with Crippen LogP contribution in [0.1, 0.15) is 31.3 Å². The van der Waals surface area contributed by atoms with Crippen LogP contribution in [0.5, 0.6) is 0 Å². The van der Waals surface area contributed by atoms with Gasteiger partial charge in [0, 0.05) is 26.3 Å². The molecule has 1 atom stereocenters. The smallest absolute Gasteiger partial charge is 0.246 e. The molecule has 0 bridgehead atoms. The van der Waals surface area contributed by atoms with Crippen molar-refractivity contribution in [3.8, 4) is 0 Å². The summed E-state index contributed by atoms with van der Waals surface area (Å²) in [6, 6.07) is 1.63. The maximum Gasteiger partial charge on any atom is 0.246 e. The van der Waals surface area contributed by atoms with Gasteiger partial charge in [0.1, 0.15) is 16.4 Å². The Labute approximate surface area is 126 Å². The second kappa shape index (κ2) is 6.91. The molecular formula is C14H24N2O4S. The maximum atomic E-state index is 12.7. The summed E-state index contributed by atoms with van der Waals surface area (Å²) >= 11 is 0. The molecule has 120 valence electrons. The lowest BCUT2D eigenvalue weighted by atomic mass is 10.1. The number of nitrogens with zero attached hydrogens (tertiary/aromatic N) is 1. The van der Waals surface area contributed by atoms with E-state index in [0.29, 0.717) is 31.2 Å². The first-order chi connectivity index (χ1) is 9.98. The van der Waals surface area contributed by atoms with E-state index in [1.807, 2.05) is 6.92 Å². The summed E-state index contributed by atoms with van der Waals surface area (Å²) in [5.74, 6) is 1.09. The number of nitrogens with one attached hydrogen (secondary N) is 1. The van der Waals surface area contributed by atoms with Crippen molar-refractivity contribution in [1.29, 1.82) is 0 Å². The monoisotopic (exact) mass is 316 g/mol. The van der Waals surface area contributed by atoms with Crippen molar-refractivity contribution < 1.29 is 17.6 Å². The number of rotatable bonds is 6. The molecule has 1 aliphatic rings. The Balaban J connectivity index is 2.20. The van der Waals surface area contributed by atoms with Crippen molar-refractivity contribution in [1.82, 2.24) is 9.62 Å². The molecule has 2 rings (SSSR count). The zero-order valence-corrected chi connectivity index (χ0v) is 13.7. The van der Waals surface area contributed by atoms with Crippen LogP contribution in [0.2, 0.25) is 0 Å². The summed E-state index contributed by atoms with van der Waals surface area (Å²) in [6.45, 7) is 5.98. The molecule has 0 aromatic carbocycles. The highest BCUT2D eigenvalue weighted by atomic mass is 32.2. The van der Waals surface area contributed by atoms with E-state index in [4.69, 9.17) is 9.15 Å². The molecule has 1 aromatic heterocycles. The highest BCUT2D eigenvalue weighted by Crippen LogP contribution is 2.26. The molecule has 1 N–H and O–H groups in total. The highest BCUT2D eigenvalue weighted by molar-refractivity contribution is 7.89. The van der Waals surface area contributed by atoms with Crippen LogP contribution in [-0.2, 0) is 21.3 Å². The van der Waals surface area contributed by atoms with Crippen LogP contribution in [-0.4, -0.2) is 45.6 Å². The van der Waals surface area contributed by atoms with E-state index in [-0.39, 0.29) is 11.0 Å². The van der Waals surface area contributed by atoms with E-state index in [0.717, 1.165) is 19.4 Å². The highest BCUT2D eigenvalue weighted by Gasteiger charge is 2.32. The van der Waals surface area contributed by atoms with Crippen LogP contribution in [0.3, 0.4) is 0 Å². The van der Waals surface area contributed by atoms with Gasteiger partial charge in [-0.1, -0.05) is 6.92 Å². The molecule has 0 aliphatic carbocycles. The van der Waals surface area contributed by atoms with Crippen LogP contribution in [0.15, 0.2) is 15.4 Å². The van der Waals surface area contributed by atoms with E-state index in [1.165, 1.54) is 4.31 Å². The summed E-state index contributed by atoms with van der Waals surface area (Å²) in [6.07, 6.45) is 1.69. The third-order valence-corrected chi connectivity index (χ3v) is 5.74. The number of methoxy groups -OCH3 is 1. The van der Waals surface area contributed by atoms with E-state index in [9.17, 15) is 8.42 Å². The Morgan fingerprint density at radius 1 is 1.52 bits per heavy atom. The molecule has 0 amide bonds. The van der Waals surface area contributed by atoms with Crippen molar-refractivity contribution in [2.24, 2.45) is 0 Å². The quantitative estimate of drug-likeness (QED) is 0.861. The Bertz CT molecular complexity index is 568. The van der Waals surface area contributed by atoms with Crippen molar-refractivity contribution in [2.75, 3.05) is 26.7 Å². The fourth-order valence-corrected chi connectivity index (χ4v) is 4.27. The molecule has 21 heavy (non-hydrogen) atoms. The molecule has 0 spiro atoms. The fraction of sp³-hybridized carbons (Fsp3) is 0.714. The van der Waals surface area contributed by atoms with E-state index < -0.39 is 10.0 Å². The van der Waals surface area contributed by atoms with Gasteiger partial charge in [-0.3, -0.25) is 0 Å². The minimum Gasteiger partial charge on any atom is -0.464 e. The predicted molar refractivity (Wildman–Crippen MR) is 79.6 cm³/mol. The number of furan rings is 1. The van der Waals surface area contributed by atoms with Crippen LogP contribution < -0.4 is 5.32 Å². The Hall–Kier alpha value is -0.890. The van der Waals surface area contributed by atoms with E-state index in [1.54, 1.807) is 20.1 Å². The van der Waals surface area contributed by atoms with Crippen molar-refractivity contribution >= 4 is 10.0 Å². The van der Waals surface area contributed by atoms with Crippen LogP contribution in [0.4, 0.5) is 0 Å². The predicted octanol–water partition coefficient (Wildman–Crippen LogP) is 1.50. The Morgan fingerprint density at radius 3 is 2.95 bits per heavy atom. The molecule has 2 heterocycles. The van der Waals surface area contributed by atoms with Gasteiger partial charge < -0.3 is 14.5 Å². The van der Waals surface area contributed by atoms with Crippen molar-refractivity contribution in [3.63, 3.8) is 0 Å². The first-order valence-electron chi connectivity index (χ1n) is 7.32. The number of hydrogen-bond acceptors (Lipinski definition) is 5. The minimum atomic E-state index is -3.51.